The topological polar surface area (TPSA) is 46.4 Å². The average molecular weight is 305 g/mol. The van der Waals surface area contributed by atoms with Crippen LogP contribution in [0.4, 0.5) is 0 Å². The Hall–Kier alpha value is -2.88. The zero-order chi connectivity index (χ0) is 16.2. The molecule has 23 heavy (non-hydrogen) atoms. The highest BCUT2D eigenvalue weighted by molar-refractivity contribution is 5.91. The number of rotatable bonds is 4. The molecule has 4 nitrogen and oxygen atoms in total. The number of benzene rings is 1. The Morgan fingerprint density at radius 1 is 1.09 bits per heavy atom. The summed E-state index contributed by atoms with van der Waals surface area (Å²) in [5.74, 6) is -0.126. The highest BCUT2D eigenvalue weighted by Crippen LogP contribution is 2.07. The number of carbonyl (C=O) groups is 1. The van der Waals surface area contributed by atoms with Crippen molar-refractivity contribution in [3.05, 3.63) is 77.3 Å². The molecular weight excluding hydrogens is 286 g/mol. The molecule has 0 fully saturated rings. The van der Waals surface area contributed by atoms with Crippen LogP contribution >= 0.6 is 0 Å². The van der Waals surface area contributed by atoms with E-state index in [9.17, 15) is 4.79 Å². The second kappa shape index (κ2) is 6.48. The lowest BCUT2D eigenvalue weighted by Crippen LogP contribution is -2.20. The zero-order valence-electron chi connectivity index (χ0n) is 13.3. The van der Waals surface area contributed by atoms with Crippen LogP contribution in [0, 0.1) is 13.8 Å². The van der Waals surface area contributed by atoms with E-state index in [-0.39, 0.29) is 5.91 Å². The van der Waals surface area contributed by atoms with Gasteiger partial charge in [0.15, 0.2) is 0 Å². The van der Waals surface area contributed by atoms with Crippen molar-refractivity contribution in [2.24, 2.45) is 0 Å². The molecule has 0 saturated heterocycles. The van der Waals surface area contributed by atoms with Gasteiger partial charge in [-0.15, -0.1) is 0 Å². The number of hydrogen-bond donors (Lipinski definition) is 1. The van der Waals surface area contributed by atoms with E-state index < -0.39 is 0 Å². The molecule has 1 N–H and O–H groups in total. The summed E-state index contributed by atoms with van der Waals surface area (Å²) >= 11 is 0. The van der Waals surface area contributed by atoms with Crippen LogP contribution < -0.4 is 5.32 Å². The molecule has 0 aliphatic rings. The number of nitrogens with one attached hydrogen (secondary N) is 1. The Kier molecular flexibility index (Phi) is 4.24. The first-order chi connectivity index (χ1) is 11.1. The summed E-state index contributed by atoms with van der Waals surface area (Å²) in [5, 5.41) is 2.85. The molecule has 2 heterocycles. The van der Waals surface area contributed by atoms with E-state index in [4.69, 9.17) is 0 Å². The second-order valence-electron chi connectivity index (χ2n) is 5.67. The van der Waals surface area contributed by atoms with Crippen LogP contribution in [0.3, 0.4) is 0 Å². The van der Waals surface area contributed by atoms with Crippen molar-refractivity contribution in [3.63, 3.8) is 0 Å². The van der Waals surface area contributed by atoms with Crippen molar-refractivity contribution in [1.29, 1.82) is 0 Å². The number of aromatic nitrogens is 2. The van der Waals surface area contributed by atoms with Gasteiger partial charge in [0.2, 0.25) is 5.91 Å². The third-order valence-corrected chi connectivity index (χ3v) is 3.60. The van der Waals surface area contributed by atoms with E-state index in [1.807, 2.05) is 73.1 Å². The average Bonchev–Trinajstić information content (AvgIpc) is 2.94. The van der Waals surface area contributed by atoms with Crippen LogP contribution in [0.5, 0.6) is 0 Å². The molecule has 3 aromatic rings. The van der Waals surface area contributed by atoms with E-state index in [2.05, 4.69) is 10.3 Å². The van der Waals surface area contributed by atoms with Crippen LogP contribution in [-0.4, -0.2) is 15.3 Å². The van der Waals surface area contributed by atoms with Crippen LogP contribution in [0.15, 0.2) is 54.9 Å². The van der Waals surface area contributed by atoms with Gasteiger partial charge in [-0.25, -0.2) is 4.98 Å². The van der Waals surface area contributed by atoms with Gasteiger partial charge in [-0.2, -0.15) is 0 Å². The number of hydrogen-bond acceptors (Lipinski definition) is 2. The maximum Gasteiger partial charge on any atom is 0.244 e. The van der Waals surface area contributed by atoms with E-state index in [1.54, 1.807) is 6.08 Å². The highest BCUT2D eigenvalue weighted by Gasteiger charge is 2.03. The lowest BCUT2D eigenvalue weighted by molar-refractivity contribution is -0.116. The Balaban J connectivity index is 1.60. The summed E-state index contributed by atoms with van der Waals surface area (Å²) in [6.07, 6.45) is 7.31. The van der Waals surface area contributed by atoms with Crippen LogP contribution in [0.25, 0.3) is 11.7 Å². The van der Waals surface area contributed by atoms with Gasteiger partial charge >= 0.3 is 0 Å². The number of aryl methyl sites for hydroxylation is 2. The minimum atomic E-state index is -0.126. The van der Waals surface area contributed by atoms with Gasteiger partial charge in [0.05, 0.1) is 12.2 Å². The van der Waals surface area contributed by atoms with Crippen molar-refractivity contribution in [2.45, 2.75) is 20.4 Å². The minimum absolute atomic E-state index is 0.126. The van der Waals surface area contributed by atoms with Gasteiger partial charge in [-0.1, -0.05) is 35.9 Å². The quantitative estimate of drug-likeness (QED) is 0.752. The van der Waals surface area contributed by atoms with E-state index in [0.29, 0.717) is 6.54 Å². The van der Waals surface area contributed by atoms with Crippen molar-refractivity contribution < 1.29 is 4.79 Å². The SMILES string of the molecule is Cc1ccc(/C=C/C(=O)NCc2cn3cc(C)ccc3n2)cc1. The number of pyridine rings is 1. The number of imidazole rings is 1. The van der Waals surface area contributed by atoms with Crippen molar-refractivity contribution in [1.82, 2.24) is 14.7 Å². The molecule has 3 rings (SSSR count). The molecule has 0 radical (unpaired) electrons. The summed E-state index contributed by atoms with van der Waals surface area (Å²) < 4.78 is 1.97. The Morgan fingerprint density at radius 3 is 2.61 bits per heavy atom. The summed E-state index contributed by atoms with van der Waals surface area (Å²) in [6, 6.07) is 12.0. The molecule has 0 atom stereocenters. The summed E-state index contributed by atoms with van der Waals surface area (Å²) in [7, 11) is 0. The second-order valence-corrected chi connectivity index (χ2v) is 5.67. The normalized spacial score (nSPS) is 11.2. The van der Waals surface area contributed by atoms with E-state index in [0.717, 1.165) is 16.9 Å². The molecule has 0 saturated carbocycles. The standard InChI is InChI=1S/C19H19N3O/c1-14-3-6-16(7-4-14)8-10-19(23)20-11-17-13-22-12-15(2)5-9-18(22)21-17/h3-10,12-13H,11H2,1-2H3,(H,20,23)/b10-8+. The molecular formula is C19H19N3O. The molecule has 1 amide bonds. The summed E-state index contributed by atoms with van der Waals surface area (Å²) in [6.45, 7) is 4.49. The number of carbonyl (C=O) groups excluding carboxylic acids is 1. The maximum absolute atomic E-state index is 11.9. The fraction of sp³-hybridized carbons (Fsp3) is 0.158. The molecule has 0 spiro atoms. The monoisotopic (exact) mass is 305 g/mol. The van der Waals surface area contributed by atoms with Crippen LogP contribution in [0.2, 0.25) is 0 Å². The summed E-state index contributed by atoms with van der Waals surface area (Å²) in [5.41, 5.74) is 5.11. The first-order valence-corrected chi connectivity index (χ1v) is 7.57. The largest absolute Gasteiger partial charge is 0.347 e. The van der Waals surface area contributed by atoms with Gasteiger partial charge in [-0.05, 0) is 37.1 Å². The maximum atomic E-state index is 11.9. The fourth-order valence-electron chi connectivity index (χ4n) is 2.33. The Labute approximate surface area is 135 Å². The smallest absolute Gasteiger partial charge is 0.244 e. The minimum Gasteiger partial charge on any atom is -0.347 e. The number of nitrogens with zero attached hydrogens (tertiary/aromatic N) is 2. The van der Waals surface area contributed by atoms with Crippen molar-refractivity contribution >= 4 is 17.6 Å². The first-order valence-electron chi connectivity index (χ1n) is 7.57. The molecule has 2 aromatic heterocycles. The third kappa shape index (κ3) is 3.86. The van der Waals surface area contributed by atoms with Gasteiger partial charge in [0.1, 0.15) is 5.65 Å². The highest BCUT2D eigenvalue weighted by atomic mass is 16.1. The molecule has 1 aromatic carbocycles. The number of fused-ring (bicyclic) bond motifs is 1. The summed E-state index contributed by atoms with van der Waals surface area (Å²) in [4.78, 5) is 16.4. The van der Waals surface area contributed by atoms with Crippen LogP contribution in [0.1, 0.15) is 22.4 Å². The third-order valence-electron chi connectivity index (χ3n) is 3.60. The Morgan fingerprint density at radius 2 is 1.83 bits per heavy atom. The lowest BCUT2D eigenvalue weighted by atomic mass is 10.1. The van der Waals surface area contributed by atoms with Gasteiger partial charge in [0.25, 0.3) is 0 Å². The molecule has 116 valence electrons. The predicted molar refractivity (Wildman–Crippen MR) is 92.0 cm³/mol. The van der Waals surface area contributed by atoms with E-state index in [1.165, 1.54) is 11.1 Å². The van der Waals surface area contributed by atoms with Crippen molar-refractivity contribution in [2.75, 3.05) is 0 Å². The Bertz CT molecular complexity index is 860. The predicted octanol–water partition coefficient (Wildman–Crippen LogP) is 3.28. The van der Waals surface area contributed by atoms with Gasteiger partial charge in [-0.3, -0.25) is 4.79 Å². The fourth-order valence-corrected chi connectivity index (χ4v) is 2.33. The number of amides is 1. The van der Waals surface area contributed by atoms with E-state index >= 15 is 0 Å². The van der Waals surface area contributed by atoms with Crippen molar-refractivity contribution in [3.8, 4) is 0 Å². The molecule has 4 heteroatoms. The molecule has 0 unspecified atom stereocenters. The molecule has 0 aliphatic carbocycles. The molecule has 0 aliphatic heterocycles. The van der Waals surface area contributed by atoms with Crippen LogP contribution in [-0.2, 0) is 11.3 Å². The van der Waals surface area contributed by atoms with Gasteiger partial charge in [0, 0.05) is 18.5 Å². The first kappa shape index (κ1) is 15.0. The zero-order valence-corrected chi connectivity index (χ0v) is 13.3. The lowest BCUT2D eigenvalue weighted by Gasteiger charge is -1.98. The molecule has 0 bridgehead atoms. The van der Waals surface area contributed by atoms with Gasteiger partial charge < -0.3 is 9.72 Å².